The van der Waals surface area contributed by atoms with Gasteiger partial charge in [-0.1, -0.05) is 6.58 Å². The normalized spacial score (nSPS) is 19.4. The van der Waals surface area contributed by atoms with Gasteiger partial charge in [0.15, 0.2) is 0 Å². The van der Waals surface area contributed by atoms with Crippen molar-refractivity contribution in [2.24, 2.45) is 0 Å². The van der Waals surface area contributed by atoms with Crippen molar-refractivity contribution in [3.63, 3.8) is 0 Å². The van der Waals surface area contributed by atoms with Crippen molar-refractivity contribution in [1.82, 2.24) is 10.2 Å². The van der Waals surface area contributed by atoms with E-state index in [4.69, 9.17) is 9.47 Å². The van der Waals surface area contributed by atoms with Crippen LogP contribution in [0.25, 0.3) is 0 Å². The lowest BCUT2D eigenvalue weighted by Gasteiger charge is -2.24. The van der Waals surface area contributed by atoms with Gasteiger partial charge < -0.3 is 19.7 Å². The highest BCUT2D eigenvalue weighted by Gasteiger charge is 2.33. The van der Waals surface area contributed by atoms with Gasteiger partial charge >= 0.3 is 12.2 Å². The Balaban J connectivity index is 2.55. The lowest BCUT2D eigenvalue weighted by molar-refractivity contribution is 0.0284. The Morgan fingerprint density at radius 2 is 1.67 bits per heavy atom. The van der Waals surface area contributed by atoms with E-state index in [1.165, 1.54) is 4.90 Å². The Kier molecular flexibility index (Phi) is 4.91. The number of likely N-dealkylation sites (tertiary alicyclic amines) is 1. The van der Waals surface area contributed by atoms with Gasteiger partial charge in [-0.2, -0.15) is 0 Å². The number of amides is 2. The summed E-state index contributed by atoms with van der Waals surface area (Å²) in [5, 5.41) is 2.72. The van der Waals surface area contributed by atoms with Crippen molar-refractivity contribution in [2.75, 3.05) is 13.1 Å². The van der Waals surface area contributed by atoms with Gasteiger partial charge in [0.1, 0.15) is 11.2 Å². The molecule has 1 atom stereocenters. The van der Waals surface area contributed by atoms with Crippen molar-refractivity contribution in [1.29, 1.82) is 0 Å². The Labute approximate surface area is 126 Å². The maximum atomic E-state index is 12.0. The molecule has 6 heteroatoms. The number of carbonyl (C=O) groups excluding carboxylic acids is 2. The molecular formula is C15H26N2O4. The lowest BCUT2D eigenvalue weighted by Crippen LogP contribution is -2.42. The molecule has 0 radical (unpaired) electrons. The zero-order chi connectivity index (χ0) is 16.4. The van der Waals surface area contributed by atoms with Gasteiger partial charge in [0.2, 0.25) is 0 Å². The quantitative estimate of drug-likeness (QED) is 0.756. The van der Waals surface area contributed by atoms with Crippen LogP contribution in [0.5, 0.6) is 0 Å². The molecular weight excluding hydrogens is 272 g/mol. The third-order valence-corrected chi connectivity index (χ3v) is 2.63. The molecule has 0 saturated carbocycles. The second-order valence-electron chi connectivity index (χ2n) is 7.22. The first-order chi connectivity index (χ1) is 9.37. The van der Waals surface area contributed by atoms with Crippen LogP contribution in [0.3, 0.4) is 0 Å². The summed E-state index contributed by atoms with van der Waals surface area (Å²) in [5.74, 6) is 0. The number of nitrogens with one attached hydrogen (secondary N) is 1. The van der Waals surface area contributed by atoms with Crippen LogP contribution in [0.2, 0.25) is 0 Å². The molecule has 1 aliphatic heterocycles. The fourth-order valence-electron chi connectivity index (χ4n) is 1.83. The van der Waals surface area contributed by atoms with Crippen LogP contribution in [0.1, 0.15) is 41.5 Å². The standard InChI is InChI=1S/C15H26N2O4/c1-10-8-17(13(19)21-15(5,6)7)9-11(10)16-12(18)20-14(2,3)4/h11H,1,8-9H2,2-7H3,(H,16,18). The first-order valence-electron chi connectivity index (χ1n) is 7.02. The molecule has 1 N–H and O–H groups in total. The number of carbonyl (C=O) groups is 2. The minimum absolute atomic E-state index is 0.313. The first kappa shape index (κ1) is 17.3. The zero-order valence-electron chi connectivity index (χ0n) is 13.8. The third kappa shape index (κ3) is 6.06. The Morgan fingerprint density at radius 3 is 2.14 bits per heavy atom. The molecule has 1 rings (SSSR count). The topological polar surface area (TPSA) is 67.9 Å². The summed E-state index contributed by atoms with van der Waals surface area (Å²) in [6.07, 6.45) is -0.920. The SMILES string of the molecule is C=C1CN(C(=O)OC(C)(C)C)CC1NC(=O)OC(C)(C)C. The minimum atomic E-state index is -0.561. The number of hydrogen-bond donors (Lipinski definition) is 1. The molecule has 1 aliphatic rings. The predicted molar refractivity (Wildman–Crippen MR) is 80.1 cm³/mol. The van der Waals surface area contributed by atoms with Crippen molar-refractivity contribution >= 4 is 12.2 Å². The molecule has 0 aromatic rings. The molecule has 0 aliphatic carbocycles. The van der Waals surface area contributed by atoms with Gasteiger partial charge in [0, 0.05) is 13.1 Å². The van der Waals surface area contributed by atoms with Crippen LogP contribution in [0.15, 0.2) is 12.2 Å². The summed E-state index contributed by atoms with van der Waals surface area (Å²) in [5.41, 5.74) is -0.351. The molecule has 1 fully saturated rings. The van der Waals surface area contributed by atoms with Crippen molar-refractivity contribution < 1.29 is 19.1 Å². The molecule has 2 amide bonds. The van der Waals surface area contributed by atoms with Gasteiger partial charge in [-0.3, -0.25) is 0 Å². The fraction of sp³-hybridized carbons (Fsp3) is 0.733. The van der Waals surface area contributed by atoms with E-state index in [0.29, 0.717) is 13.1 Å². The van der Waals surface area contributed by atoms with Crippen LogP contribution < -0.4 is 5.32 Å². The molecule has 120 valence electrons. The largest absolute Gasteiger partial charge is 0.444 e. The van der Waals surface area contributed by atoms with E-state index in [9.17, 15) is 9.59 Å². The van der Waals surface area contributed by atoms with E-state index in [2.05, 4.69) is 11.9 Å². The van der Waals surface area contributed by atoms with Gasteiger partial charge in [0.05, 0.1) is 6.04 Å². The first-order valence-corrected chi connectivity index (χ1v) is 7.02. The van der Waals surface area contributed by atoms with E-state index in [0.717, 1.165) is 5.57 Å². The average molecular weight is 298 g/mol. The molecule has 0 spiro atoms. The summed E-state index contributed by atoms with van der Waals surface area (Å²) in [6.45, 7) is 15.4. The van der Waals surface area contributed by atoms with Gasteiger partial charge in [-0.15, -0.1) is 0 Å². The third-order valence-electron chi connectivity index (χ3n) is 2.63. The van der Waals surface area contributed by atoms with Crippen LogP contribution in [0, 0.1) is 0 Å². The second kappa shape index (κ2) is 5.95. The van der Waals surface area contributed by atoms with E-state index in [1.54, 1.807) is 20.8 Å². The van der Waals surface area contributed by atoms with E-state index >= 15 is 0 Å². The number of ether oxygens (including phenoxy) is 2. The van der Waals surface area contributed by atoms with Crippen LogP contribution in [0.4, 0.5) is 9.59 Å². The monoisotopic (exact) mass is 298 g/mol. The van der Waals surface area contributed by atoms with E-state index in [1.807, 2.05) is 20.8 Å². The maximum Gasteiger partial charge on any atom is 0.410 e. The summed E-state index contributed by atoms with van der Waals surface area (Å²) in [7, 11) is 0. The van der Waals surface area contributed by atoms with Gasteiger partial charge in [-0.25, -0.2) is 9.59 Å². The summed E-state index contributed by atoms with van der Waals surface area (Å²) in [4.78, 5) is 25.3. The average Bonchev–Trinajstić information content (AvgIpc) is 2.54. The maximum absolute atomic E-state index is 12.0. The second-order valence-corrected chi connectivity index (χ2v) is 7.22. The van der Waals surface area contributed by atoms with Gasteiger partial charge in [0.25, 0.3) is 0 Å². The molecule has 1 saturated heterocycles. The summed E-state index contributed by atoms with van der Waals surface area (Å²) < 4.78 is 10.5. The van der Waals surface area contributed by atoms with E-state index in [-0.39, 0.29) is 6.04 Å². The summed E-state index contributed by atoms with van der Waals surface area (Å²) >= 11 is 0. The Bertz CT molecular complexity index is 432. The Hall–Kier alpha value is -1.72. The minimum Gasteiger partial charge on any atom is -0.444 e. The Morgan fingerprint density at radius 1 is 1.14 bits per heavy atom. The number of alkyl carbamates (subject to hydrolysis) is 1. The molecule has 6 nitrogen and oxygen atoms in total. The van der Waals surface area contributed by atoms with Crippen LogP contribution in [-0.4, -0.2) is 47.4 Å². The van der Waals surface area contributed by atoms with Crippen LogP contribution in [-0.2, 0) is 9.47 Å². The van der Waals surface area contributed by atoms with E-state index < -0.39 is 23.4 Å². The lowest BCUT2D eigenvalue weighted by atomic mass is 10.2. The van der Waals surface area contributed by atoms with Crippen molar-refractivity contribution in [2.45, 2.75) is 58.8 Å². The van der Waals surface area contributed by atoms with Crippen molar-refractivity contribution in [3.05, 3.63) is 12.2 Å². The highest BCUT2D eigenvalue weighted by molar-refractivity contribution is 5.72. The number of rotatable bonds is 1. The molecule has 0 bridgehead atoms. The zero-order valence-corrected chi connectivity index (χ0v) is 13.8. The van der Waals surface area contributed by atoms with Crippen molar-refractivity contribution in [3.8, 4) is 0 Å². The molecule has 1 heterocycles. The smallest absolute Gasteiger partial charge is 0.410 e. The van der Waals surface area contributed by atoms with Crippen LogP contribution >= 0.6 is 0 Å². The molecule has 1 unspecified atom stereocenters. The molecule has 0 aromatic heterocycles. The van der Waals surface area contributed by atoms with Gasteiger partial charge in [-0.05, 0) is 47.1 Å². The predicted octanol–water partition coefficient (Wildman–Crippen LogP) is 2.69. The summed E-state index contributed by atoms with van der Waals surface area (Å²) in [6, 6.07) is -0.313. The number of hydrogen-bond acceptors (Lipinski definition) is 4. The fourth-order valence-corrected chi connectivity index (χ4v) is 1.83. The number of nitrogens with zero attached hydrogens (tertiary/aromatic N) is 1. The highest BCUT2D eigenvalue weighted by atomic mass is 16.6. The highest BCUT2D eigenvalue weighted by Crippen LogP contribution is 2.19. The molecule has 21 heavy (non-hydrogen) atoms. The molecule has 0 aromatic carbocycles.